The Bertz CT molecular complexity index is 1140. The Kier molecular flexibility index (Phi) is 7.60. The molecular weight excluding hydrogens is 448 g/mol. The van der Waals surface area contributed by atoms with Gasteiger partial charge in [-0.1, -0.05) is 48.0 Å². The van der Waals surface area contributed by atoms with Gasteiger partial charge in [-0.05, 0) is 75.2 Å². The number of halogens is 1. The summed E-state index contributed by atoms with van der Waals surface area (Å²) in [5.74, 6) is -0.0810. The molecule has 2 amide bonds. The molecule has 1 aromatic heterocycles. The molecule has 176 valence electrons. The molecule has 2 heterocycles. The highest BCUT2D eigenvalue weighted by Crippen LogP contribution is 2.28. The van der Waals surface area contributed by atoms with E-state index in [4.69, 9.17) is 11.6 Å². The molecule has 0 radical (unpaired) electrons. The maximum atomic E-state index is 13.2. The van der Waals surface area contributed by atoms with Crippen molar-refractivity contribution >= 4 is 34.9 Å². The van der Waals surface area contributed by atoms with Crippen LogP contribution in [0.3, 0.4) is 0 Å². The lowest BCUT2D eigenvalue weighted by Crippen LogP contribution is -2.41. The SMILES string of the molecule is CC(C)N1CCC(C(=O)Nc2ccc(-c3ccccc3)cc2C(=O)Nc2ccc(Cl)cn2)CC1. The van der Waals surface area contributed by atoms with Gasteiger partial charge in [0.1, 0.15) is 5.82 Å². The first-order chi connectivity index (χ1) is 16.4. The molecule has 0 spiro atoms. The fraction of sp³-hybridized carbons (Fsp3) is 0.296. The van der Waals surface area contributed by atoms with Crippen LogP contribution in [-0.2, 0) is 4.79 Å². The number of hydrogen-bond donors (Lipinski definition) is 2. The molecule has 1 saturated heterocycles. The van der Waals surface area contributed by atoms with Crippen molar-refractivity contribution in [2.24, 2.45) is 5.92 Å². The van der Waals surface area contributed by atoms with Gasteiger partial charge in [-0.25, -0.2) is 4.98 Å². The number of piperidine rings is 1. The summed E-state index contributed by atoms with van der Waals surface area (Å²) < 4.78 is 0. The number of anilines is 2. The van der Waals surface area contributed by atoms with E-state index in [1.807, 2.05) is 36.4 Å². The average molecular weight is 477 g/mol. The minimum atomic E-state index is -0.350. The Morgan fingerprint density at radius 2 is 1.71 bits per heavy atom. The van der Waals surface area contributed by atoms with E-state index in [0.717, 1.165) is 37.1 Å². The highest BCUT2D eigenvalue weighted by molar-refractivity contribution is 6.30. The molecule has 1 fully saturated rings. The third kappa shape index (κ3) is 5.82. The smallest absolute Gasteiger partial charge is 0.258 e. The fourth-order valence-electron chi connectivity index (χ4n) is 4.20. The van der Waals surface area contributed by atoms with Crippen molar-refractivity contribution in [3.8, 4) is 11.1 Å². The van der Waals surface area contributed by atoms with E-state index in [1.165, 1.54) is 6.20 Å². The third-order valence-electron chi connectivity index (χ3n) is 6.23. The average Bonchev–Trinajstić information content (AvgIpc) is 2.86. The lowest BCUT2D eigenvalue weighted by Gasteiger charge is -2.34. The van der Waals surface area contributed by atoms with Crippen molar-refractivity contribution in [3.63, 3.8) is 0 Å². The lowest BCUT2D eigenvalue weighted by atomic mass is 9.94. The number of pyridine rings is 1. The molecule has 1 aliphatic heterocycles. The largest absolute Gasteiger partial charge is 0.325 e. The maximum Gasteiger partial charge on any atom is 0.258 e. The quantitative estimate of drug-likeness (QED) is 0.477. The zero-order chi connectivity index (χ0) is 24.1. The van der Waals surface area contributed by atoms with Crippen LogP contribution in [-0.4, -0.2) is 40.8 Å². The normalized spacial score (nSPS) is 14.7. The Labute approximate surface area is 205 Å². The number of carbonyl (C=O) groups is 2. The monoisotopic (exact) mass is 476 g/mol. The molecule has 3 aromatic rings. The number of hydrogen-bond acceptors (Lipinski definition) is 4. The molecular formula is C27H29ClN4O2. The summed E-state index contributed by atoms with van der Waals surface area (Å²) in [5, 5.41) is 6.31. The van der Waals surface area contributed by atoms with Crippen molar-refractivity contribution in [1.29, 1.82) is 0 Å². The Morgan fingerprint density at radius 3 is 2.35 bits per heavy atom. The third-order valence-corrected chi connectivity index (χ3v) is 6.45. The van der Waals surface area contributed by atoms with Gasteiger partial charge in [0.15, 0.2) is 0 Å². The molecule has 0 bridgehead atoms. The van der Waals surface area contributed by atoms with E-state index in [9.17, 15) is 9.59 Å². The molecule has 2 N–H and O–H groups in total. The van der Waals surface area contributed by atoms with Gasteiger partial charge in [0.2, 0.25) is 5.91 Å². The van der Waals surface area contributed by atoms with Crippen LogP contribution in [0.2, 0.25) is 5.02 Å². The first kappa shape index (κ1) is 23.9. The molecule has 34 heavy (non-hydrogen) atoms. The number of carbonyl (C=O) groups excluding carboxylic acids is 2. The van der Waals surface area contributed by atoms with Gasteiger partial charge in [-0.3, -0.25) is 9.59 Å². The summed E-state index contributed by atoms with van der Waals surface area (Å²) in [5.41, 5.74) is 2.74. The van der Waals surface area contributed by atoms with Crippen LogP contribution in [0.5, 0.6) is 0 Å². The van der Waals surface area contributed by atoms with Crippen LogP contribution in [0.25, 0.3) is 11.1 Å². The molecule has 7 heteroatoms. The predicted molar refractivity (Wildman–Crippen MR) is 137 cm³/mol. The number of likely N-dealkylation sites (tertiary alicyclic amines) is 1. The number of aromatic nitrogens is 1. The van der Waals surface area contributed by atoms with Gasteiger partial charge in [-0.2, -0.15) is 0 Å². The summed E-state index contributed by atoms with van der Waals surface area (Å²) in [6, 6.07) is 19.1. The number of rotatable bonds is 6. The van der Waals surface area contributed by atoms with Gasteiger partial charge >= 0.3 is 0 Å². The second-order valence-electron chi connectivity index (χ2n) is 8.84. The number of amides is 2. The second-order valence-corrected chi connectivity index (χ2v) is 9.27. The van der Waals surface area contributed by atoms with E-state index in [2.05, 4.69) is 34.4 Å². The first-order valence-electron chi connectivity index (χ1n) is 11.6. The first-order valence-corrected chi connectivity index (χ1v) is 12.0. The maximum absolute atomic E-state index is 13.2. The summed E-state index contributed by atoms with van der Waals surface area (Å²) >= 11 is 5.91. The molecule has 0 aliphatic carbocycles. The van der Waals surface area contributed by atoms with Crippen LogP contribution < -0.4 is 10.6 Å². The highest BCUT2D eigenvalue weighted by atomic mass is 35.5. The molecule has 1 aliphatic rings. The molecule has 2 aromatic carbocycles. The van der Waals surface area contributed by atoms with Crippen LogP contribution in [0.15, 0.2) is 66.9 Å². The highest BCUT2D eigenvalue weighted by Gasteiger charge is 2.27. The zero-order valence-electron chi connectivity index (χ0n) is 19.4. The van der Waals surface area contributed by atoms with Crippen molar-refractivity contribution < 1.29 is 9.59 Å². The minimum Gasteiger partial charge on any atom is -0.325 e. The van der Waals surface area contributed by atoms with E-state index in [-0.39, 0.29) is 17.7 Å². The van der Waals surface area contributed by atoms with Crippen LogP contribution in [0, 0.1) is 5.92 Å². The van der Waals surface area contributed by atoms with Gasteiger partial charge in [0.25, 0.3) is 5.91 Å². The van der Waals surface area contributed by atoms with Crippen LogP contribution >= 0.6 is 11.6 Å². The predicted octanol–water partition coefficient (Wildman–Crippen LogP) is 5.71. The van der Waals surface area contributed by atoms with Crippen LogP contribution in [0.1, 0.15) is 37.0 Å². The Balaban J connectivity index is 1.57. The van der Waals surface area contributed by atoms with Crippen molar-refractivity contribution in [1.82, 2.24) is 9.88 Å². The molecule has 6 nitrogen and oxygen atoms in total. The van der Waals surface area contributed by atoms with Crippen molar-refractivity contribution in [2.45, 2.75) is 32.7 Å². The zero-order valence-corrected chi connectivity index (χ0v) is 20.2. The Morgan fingerprint density at radius 1 is 0.971 bits per heavy atom. The molecule has 0 saturated carbocycles. The van der Waals surface area contributed by atoms with Crippen molar-refractivity contribution in [2.75, 3.05) is 23.7 Å². The summed E-state index contributed by atoms with van der Waals surface area (Å²) in [6.07, 6.45) is 3.09. The van der Waals surface area contributed by atoms with Crippen molar-refractivity contribution in [3.05, 3.63) is 77.4 Å². The van der Waals surface area contributed by atoms with Gasteiger partial charge in [-0.15, -0.1) is 0 Å². The van der Waals surface area contributed by atoms with Crippen LogP contribution in [0.4, 0.5) is 11.5 Å². The Hall–Kier alpha value is -3.22. The number of nitrogens with one attached hydrogen (secondary N) is 2. The number of nitrogens with zero attached hydrogens (tertiary/aromatic N) is 2. The summed E-state index contributed by atoms with van der Waals surface area (Å²) in [6.45, 7) is 6.15. The van der Waals surface area contributed by atoms with Gasteiger partial charge in [0.05, 0.1) is 16.3 Å². The topological polar surface area (TPSA) is 74.3 Å². The number of benzene rings is 2. The molecule has 4 rings (SSSR count). The van der Waals surface area contributed by atoms with E-state index >= 15 is 0 Å². The molecule has 0 unspecified atom stereocenters. The second kappa shape index (κ2) is 10.8. The standard InChI is InChI=1S/C27H29ClN4O2/c1-18(2)32-14-12-20(13-15-32)26(33)30-24-10-8-21(19-6-4-3-5-7-19)16-23(24)27(34)31-25-11-9-22(28)17-29-25/h3-11,16-18,20H,12-15H2,1-2H3,(H,30,33)(H,29,31,34). The molecule has 0 atom stereocenters. The van der Waals surface area contributed by atoms with E-state index in [0.29, 0.717) is 28.1 Å². The summed E-state index contributed by atoms with van der Waals surface area (Å²) in [7, 11) is 0. The fourth-order valence-corrected chi connectivity index (χ4v) is 4.31. The van der Waals surface area contributed by atoms with E-state index < -0.39 is 0 Å². The van der Waals surface area contributed by atoms with E-state index in [1.54, 1.807) is 24.3 Å². The van der Waals surface area contributed by atoms with Gasteiger partial charge < -0.3 is 15.5 Å². The lowest BCUT2D eigenvalue weighted by molar-refractivity contribution is -0.121. The minimum absolute atomic E-state index is 0.0467. The summed E-state index contributed by atoms with van der Waals surface area (Å²) in [4.78, 5) is 32.9. The van der Waals surface area contributed by atoms with Gasteiger partial charge in [0, 0.05) is 18.2 Å².